The maximum atomic E-state index is 11.2. The summed E-state index contributed by atoms with van der Waals surface area (Å²) in [5.74, 6) is -3.08. The van der Waals surface area contributed by atoms with E-state index in [1.807, 2.05) is 6.92 Å². The second kappa shape index (κ2) is 10.6. The topological polar surface area (TPSA) is 80.3 Å². The molecular weight excluding hydrogens is 266 g/mol. The Bertz CT molecular complexity index is 271. The molecule has 0 aliphatic rings. The number of aliphatic carboxylic acids is 2. The van der Waals surface area contributed by atoms with Crippen LogP contribution in [0.25, 0.3) is 0 Å². The van der Waals surface area contributed by atoms with E-state index >= 15 is 0 Å². The third-order valence-corrected chi connectivity index (χ3v) is 3.38. The number of unbranched alkanes of at least 4 members (excludes halogenated alkanes) is 3. The van der Waals surface area contributed by atoms with Gasteiger partial charge in [-0.1, -0.05) is 53.4 Å². The van der Waals surface area contributed by atoms with Crippen LogP contribution in [0.3, 0.4) is 0 Å². The Kier molecular flexibility index (Phi) is 14.0. The number of carbonyl (C=O) groups excluding carboxylic acids is 2. The average Bonchev–Trinajstić information content (AvgIpc) is 2.14. The first-order valence-electron chi connectivity index (χ1n) is 6.13. The Balaban J connectivity index is -0.00000128. The van der Waals surface area contributed by atoms with Gasteiger partial charge in [-0.2, -0.15) is 0 Å². The molecule has 0 atom stereocenters. The van der Waals surface area contributed by atoms with Gasteiger partial charge in [-0.25, -0.2) is 0 Å². The van der Waals surface area contributed by atoms with Gasteiger partial charge in [0.2, 0.25) is 0 Å². The summed E-state index contributed by atoms with van der Waals surface area (Å²) in [7, 11) is 0. The molecule has 6 heteroatoms. The van der Waals surface area contributed by atoms with Gasteiger partial charge in [0, 0.05) is 0 Å². The number of carboxylic acids is 2. The molecule has 0 aliphatic carbocycles. The van der Waals surface area contributed by atoms with Crippen LogP contribution in [0.5, 0.6) is 0 Å². The minimum absolute atomic E-state index is 0. The van der Waals surface area contributed by atoms with Gasteiger partial charge in [-0.15, -0.1) is 0 Å². The van der Waals surface area contributed by atoms with Crippen molar-refractivity contribution < 1.29 is 78.9 Å². The predicted molar refractivity (Wildman–Crippen MR) is 60.7 cm³/mol. The van der Waals surface area contributed by atoms with E-state index in [2.05, 4.69) is 0 Å². The Morgan fingerprint density at radius 2 is 1.32 bits per heavy atom. The Morgan fingerprint density at radius 1 is 0.895 bits per heavy atom. The van der Waals surface area contributed by atoms with Crippen molar-refractivity contribution in [2.45, 2.75) is 59.8 Å². The fraction of sp³-hybridized carbons (Fsp3) is 0.846. The first-order valence-corrected chi connectivity index (χ1v) is 6.13. The second-order valence-electron chi connectivity index (χ2n) is 5.54. The number of carbonyl (C=O) groups is 2. The van der Waals surface area contributed by atoms with Crippen molar-refractivity contribution in [2.24, 2.45) is 10.8 Å². The summed E-state index contributed by atoms with van der Waals surface area (Å²) in [5, 5.41) is 22.5. The van der Waals surface area contributed by atoms with E-state index in [9.17, 15) is 19.8 Å². The van der Waals surface area contributed by atoms with Crippen molar-refractivity contribution in [3.8, 4) is 0 Å². The molecule has 19 heavy (non-hydrogen) atoms. The summed E-state index contributed by atoms with van der Waals surface area (Å²) in [5.41, 5.74) is -2.82. The van der Waals surface area contributed by atoms with Crippen LogP contribution in [-0.4, -0.2) is 11.9 Å². The molecule has 0 unspecified atom stereocenters. The van der Waals surface area contributed by atoms with Crippen LogP contribution in [0.4, 0.5) is 0 Å². The molecule has 100 valence electrons. The summed E-state index contributed by atoms with van der Waals surface area (Å²) >= 11 is 0. The molecule has 0 aromatic heterocycles. The van der Waals surface area contributed by atoms with E-state index in [-0.39, 0.29) is 65.5 Å². The minimum Gasteiger partial charge on any atom is -0.549 e. The van der Waals surface area contributed by atoms with Crippen LogP contribution in [0.15, 0.2) is 0 Å². The zero-order chi connectivity index (χ0) is 13.7. The van der Waals surface area contributed by atoms with Crippen LogP contribution in [-0.2, 0) is 9.59 Å². The fourth-order valence-electron chi connectivity index (χ4n) is 2.09. The Morgan fingerprint density at radius 3 is 1.58 bits per heavy atom. The van der Waals surface area contributed by atoms with Crippen LogP contribution < -0.4 is 69.3 Å². The normalized spacial score (nSPS) is 11.2. The van der Waals surface area contributed by atoms with Crippen LogP contribution in [0.2, 0.25) is 0 Å². The van der Waals surface area contributed by atoms with E-state index in [0.29, 0.717) is 6.42 Å². The maximum absolute atomic E-state index is 11.2. The number of hydrogen-bond donors (Lipinski definition) is 0. The number of rotatable bonds is 7. The molecule has 0 N–H and O–H groups in total. The Hall–Kier alpha value is 0.940. The first-order chi connectivity index (χ1) is 7.70. The molecule has 4 nitrogen and oxygen atoms in total. The molecule has 0 saturated heterocycles. The molecule has 0 aromatic rings. The minimum atomic E-state index is -1.90. The van der Waals surface area contributed by atoms with Crippen LogP contribution in [0, 0.1) is 10.8 Å². The standard InChI is InChI=1S/C13H24O4.2Na/c1-5-6-7-8-9-13(10(14)15,11(16)17)12(2,3)4;;/h5-9H2,1-4H3,(H,14,15)(H,16,17);;/q;2*+1/p-2. The molecule has 0 spiro atoms. The van der Waals surface area contributed by atoms with Crippen molar-refractivity contribution in [1.82, 2.24) is 0 Å². The van der Waals surface area contributed by atoms with Gasteiger partial charge in [0.05, 0.1) is 17.4 Å². The SMILES string of the molecule is CCCCCCC(C(=O)[O-])(C(=O)[O-])C(C)(C)C.[Na+].[Na+]. The summed E-state index contributed by atoms with van der Waals surface area (Å²) < 4.78 is 0. The summed E-state index contributed by atoms with van der Waals surface area (Å²) in [6, 6.07) is 0. The molecule has 0 heterocycles. The summed E-state index contributed by atoms with van der Waals surface area (Å²) in [6.45, 7) is 6.82. The Labute approximate surface area is 160 Å². The van der Waals surface area contributed by atoms with Gasteiger partial charge >= 0.3 is 59.1 Å². The molecule has 0 radical (unpaired) electrons. The monoisotopic (exact) mass is 288 g/mol. The van der Waals surface area contributed by atoms with Gasteiger partial charge in [0.25, 0.3) is 0 Å². The van der Waals surface area contributed by atoms with E-state index in [0.717, 1.165) is 19.3 Å². The smallest absolute Gasteiger partial charge is 0.549 e. The second-order valence-corrected chi connectivity index (χ2v) is 5.54. The third kappa shape index (κ3) is 6.49. The van der Waals surface area contributed by atoms with Crippen molar-refractivity contribution >= 4 is 11.9 Å². The molecule has 0 saturated carbocycles. The first kappa shape index (κ1) is 24.9. The van der Waals surface area contributed by atoms with Gasteiger partial charge in [0.1, 0.15) is 0 Å². The molecule has 0 rings (SSSR count). The van der Waals surface area contributed by atoms with E-state index in [1.54, 1.807) is 20.8 Å². The van der Waals surface area contributed by atoms with Gasteiger partial charge < -0.3 is 19.8 Å². The average molecular weight is 288 g/mol. The van der Waals surface area contributed by atoms with Crippen molar-refractivity contribution in [3.63, 3.8) is 0 Å². The van der Waals surface area contributed by atoms with Crippen molar-refractivity contribution in [2.75, 3.05) is 0 Å². The summed E-state index contributed by atoms with van der Waals surface area (Å²) in [4.78, 5) is 22.5. The molecule has 0 fully saturated rings. The van der Waals surface area contributed by atoms with E-state index in [1.165, 1.54) is 0 Å². The van der Waals surface area contributed by atoms with Crippen LogP contribution in [0.1, 0.15) is 59.8 Å². The summed E-state index contributed by atoms with van der Waals surface area (Å²) in [6.07, 6.45) is 3.45. The molecule has 0 aromatic carbocycles. The van der Waals surface area contributed by atoms with Gasteiger partial charge in [-0.05, 0) is 11.8 Å². The van der Waals surface area contributed by atoms with Gasteiger partial charge in [0.15, 0.2) is 0 Å². The van der Waals surface area contributed by atoms with E-state index < -0.39 is 22.8 Å². The molecule has 0 aliphatic heterocycles. The predicted octanol–water partition coefficient (Wildman–Crippen LogP) is -5.50. The van der Waals surface area contributed by atoms with E-state index in [4.69, 9.17) is 0 Å². The quantitative estimate of drug-likeness (QED) is 0.266. The largest absolute Gasteiger partial charge is 1.00 e. The number of carboxylic acid groups (broad SMARTS) is 2. The maximum Gasteiger partial charge on any atom is 1.00 e. The molecule has 0 amide bonds. The van der Waals surface area contributed by atoms with Gasteiger partial charge in [-0.3, -0.25) is 0 Å². The molecular formula is C13H22Na2O4. The fourth-order valence-corrected chi connectivity index (χ4v) is 2.09. The van der Waals surface area contributed by atoms with Crippen LogP contribution >= 0.6 is 0 Å². The zero-order valence-corrected chi connectivity index (χ0v) is 17.2. The third-order valence-electron chi connectivity index (χ3n) is 3.38. The van der Waals surface area contributed by atoms with Crippen molar-refractivity contribution in [1.29, 1.82) is 0 Å². The van der Waals surface area contributed by atoms with Crippen molar-refractivity contribution in [3.05, 3.63) is 0 Å². The zero-order valence-electron chi connectivity index (χ0n) is 13.2. The molecule has 0 bridgehead atoms. The number of hydrogen-bond acceptors (Lipinski definition) is 4.